The number of aliphatic hydroxyl groups is 1. The van der Waals surface area contributed by atoms with Crippen LogP contribution in [0.15, 0.2) is 6.07 Å². The van der Waals surface area contributed by atoms with Crippen LogP contribution in [0.25, 0.3) is 0 Å². The maximum Gasteiger partial charge on any atom is 0.0596 e. The first-order valence-electron chi connectivity index (χ1n) is 5.12. The van der Waals surface area contributed by atoms with Gasteiger partial charge >= 0.3 is 0 Å². The van der Waals surface area contributed by atoms with Crippen molar-refractivity contribution in [2.75, 3.05) is 6.61 Å². The number of hydrogen-bond donors (Lipinski definition) is 1. The molecule has 0 saturated carbocycles. The highest BCUT2D eigenvalue weighted by Gasteiger charge is 2.19. The zero-order valence-corrected chi connectivity index (χ0v) is 9.54. The van der Waals surface area contributed by atoms with E-state index in [2.05, 4.69) is 31.9 Å². The molecule has 80 valence electrons. The van der Waals surface area contributed by atoms with Crippen LogP contribution in [0.2, 0.25) is 0 Å². The molecule has 1 aromatic rings. The van der Waals surface area contributed by atoms with Gasteiger partial charge in [-0.3, -0.25) is 4.68 Å². The minimum atomic E-state index is -0.0562. The molecule has 14 heavy (non-hydrogen) atoms. The molecule has 0 aromatic carbocycles. The second kappa shape index (κ2) is 4.13. The summed E-state index contributed by atoms with van der Waals surface area (Å²) in [4.78, 5) is 0. The summed E-state index contributed by atoms with van der Waals surface area (Å²) >= 11 is 0. The second-order valence-electron chi connectivity index (χ2n) is 4.59. The van der Waals surface area contributed by atoms with Crippen molar-refractivity contribution in [1.29, 1.82) is 0 Å². The van der Waals surface area contributed by atoms with Gasteiger partial charge in [0.15, 0.2) is 0 Å². The Labute approximate surface area is 85.8 Å². The summed E-state index contributed by atoms with van der Waals surface area (Å²) < 4.78 is 2.01. The third-order valence-corrected chi connectivity index (χ3v) is 2.37. The number of rotatable bonds is 4. The molecule has 0 saturated heterocycles. The summed E-state index contributed by atoms with van der Waals surface area (Å²) in [5.74, 6) is 0. The maximum atomic E-state index is 9.20. The average Bonchev–Trinajstić information content (AvgIpc) is 2.45. The SMILES string of the molecule is CCn1nc(C)cc1CC(C)(C)CO. The van der Waals surface area contributed by atoms with Gasteiger partial charge in [-0.05, 0) is 31.7 Å². The van der Waals surface area contributed by atoms with Crippen molar-refractivity contribution in [2.45, 2.75) is 40.7 Å². The first-order chi connectivity index (χ1) is 6.48. The Morgan fingerprint density at radius 2 is 2.14 bits per heavy atom. The topological polar surface area (TPSA) is 38.0 Å². The number of aromatic nitrogens is 2. The number of aryl methyl sites for hydroxylation is 2. The van der Waals surface area contributed by atoms with E-state index >= 15 is 0 Å². The Bertz CT molecular complexity index is 302. The van der Waals surface area contributed by atoms with Crippen LogP contribution in [0.5, 0.6) is 0 Å². The predicted octanol–water partition coefficient (Wildman–Crippen LogP) is 1.77. The summed E-state index contributed by atoms with van der Waals surface area (Å²) in [6, 6.07) is 2.10. The molecule has 1 N–H and O–H groups in total. The summed E-state index contributed by atoms with van der Waals surface area (Å²) in [5.41, 5.74) is 2.21. The van der Waals surface area contributed by atoms with Crippen LogP contribution in [0, 0.1) is 12.3 Å². The molecule has 0 aliphatic heterocycles. The highest BCUT2D eigenvalue weighted by molar-refractivity contribution is 5.10. The van der Waals surface area contributed by atoms with Gasteiger partial charge < -0.3 is 5.11 Å². The molecule has 3 nitrogen and oxygen atoms in total. The Balaban J connectivity index is 2.85. The van der Waals surface area contributed by atoms with Crippen LogP contribution in [0.1, 0.15) is 32.2 Å². The van der Waals surface area contributed by atoms with Crippen LogP contribution < -0.4 is 0 Å². The number of hydrogen-bond acceptors (Lipinski definition) is 2. The van der Waals surface area contributed by atoms with E-state index in [4.69, 9.17) is 0 Å². The van der Waals surface area contributed by atoms with E-state index in [0.717, 1.165) is 18.7 Å². The summed E-state index contributed by atoms with van der Waals surface area (Å²) in [7, 11) is 0. The van der Waals surface area contributed by atoms with Gasteiger partial charge in [-0.1, -0.05) is 13.8 Å². The molecule has 3 heteroatoms. The molecule has 1 heterocycles. The van der Waals surface area contributed by atoms with Crippen molar-refractivity contribution in [3.05, 3.63) is 17.5 Å². The van der Waals surface area contributed by atoms with Gasteiger partial charge in [0.25, 0.3) is 0 Å². The largest absolute Gasteiger partial charge is 0.396 e. The second-order valence-corrected chi connectivity index (χ2v) is 4.59. The Morgan fingerprint density at radius 1 is 1.50 bits per heavy atom. The fourth-order valence-electron chi connectivity index (χ4n) is 1.56. The van der Waals surface area contributed by atoms with Crippen LogP contribution in [0.4, 0.5) is 0 Å². The van der Waals surface area contributed by atoms with E-state index < -0.39 is 0 Å². The fraction of sp³-hybridized carbons (Fsp3) is 0.727. The van der Waals surface area contributed by atoms with Gasteiger partial charge in [0.1, 0.15) is 0 Å². The zero-order valence-electron chi connectivity index (χ0n) is 9.54. The summed E-state index contributed by atoms with van der Waals surface area (Å²) in [6.07, 6.45) is 0.873. The zero-order chi connectivity index (χ0) is 10.8. The molecule has 0 unspecified atom stereocenters. The monoisotopic (exact) mass is 196 g/mol. The van der Waals surface area contributed by atoms with E-state index in [1.54, 1.807) is 0 Å². The normalized spacial score (nSPS) is 12.1. The van der Waals surface area contributed by atoms with Crippen molar-refractivity contribution in [1.82, 2.24) is 9.78 Å². The lowest BCUT2D eigenvalue weighted by Gasteiger charge is -2.21. The van der Waals surface area contributed by atoms with Crippen molar-refractivity contribution in [3.63, 3.8) is 0 Å². The van der Waals surface area contributed by atoms with Crippen molar-refractivity contribution < 1.29 is 5.11 Å². The van der Waals surface area contributed by atoms with Gasteiger partial charge in [0.2, 0.25) is 0 Å². The quantitative estimate of drug-likeness (QED) is 0.797. The molecule has 0 aliphatic carbocycles. The average molecular weight is 196 g/mol. The van der Waals surface area contributed by atoms with Crippen LogP contribution in [-0.2, 0) is 13.0 Å². The van der Waals surface area contributed by atoms with Crippen molar-refractivity contribution in [3.8, 4) is 0 Å². The lowest BCUT2D eigenvalue weighted by atomic mass is 9.89. The van der Waals surface area contributed by atoms with Crippen LogP contribution in [-0.4, -0.2) is 21.5 Å². The Kier molecular flexibility index (Phi) is 3.32. The minimum Gasteiger partial charge on any atom is -0.396 e. The molecule has 0 aliphatic rings. The number of nitrogens with zero attached hydrogens (tertiary/aromatic N) is 2. The number of aliphatic hydroxyl groups excluding tert-OH is 1. The predicted molar refractivity (Wildman–Crippen MR) is 57.2 cm³/mol. The molecule has 0 radical (unpaired) electrons. The summed E-state index contributed by atoms with van der Waals surface area (Å²) in [6.45, 7) is 9.32. The molecule has 0 amide bonds. The van der Waals surface area contributed by atoms with E-state index in [1.807, 2.05) is 11.6 Å². The van der Waals surface area contributed by atoms with Crippen molar-refractivity contribution in [2.24, 2.45) is 5.41 Å². The van der Waals surface area contributed by atoms with Gasteiger partial charge in [-0.25, -0.2) is 0 Å². The van der Waals surface area contributed by atoms with E-state index in [0.29, 0.717) is 0 Å². The smallest absolute Gasteiger partial charge is 0.0596 e. The molecule has 1 aromatic heterocycles. The van der Waals surface area contributed by atoms with Gasteiger partial charge in [-0.15, -0.1) is 0 Å². The minimum absolute atomic E-state index is 0.0562. The van der Waals surface area contributed by atoms with E-state index in [9.17, 15) is 5.11 Å². The van der Waals surface area contributed by atoms with Crippen LogP contribution in [0.3, 0.4) is 0 Å². The third-order valence-electron chi connectivity index (χ3n) is 2.37. The van der Waals surface area contributed by atoms with E-state index in [1.165, 1.54) is 5.69 Å². The molecule has 0 fully saturated rings. The maximum absolute atomic E-state index is 9.20. The fourth-order valence-corrected chi connectivity index (χ4v) is 1.56. The first kappa shape index (κ1) is 11.2. The summed E-state index contributed by atoms with van der Waals surface area (Å²) in [5, 5.41) is 13.6. The third kappa shape index (κ3) is 2.58. The molecule has 1 rings (SSSR count). The molecular formula is C11H20N2O. The van der Waals surface area contributed by atoms with Crippen molar-refractivity contribution >= 4 is 0 Å². The molecule has 0 spiro atoms. The Morgan fingerprint density at radius 3 is 2.64 bits per heavy atom. The molecule has 0 bridgehead atoms. The van der Waals surface area contributed by atoms with Gasteiger partial charge in [0, 0.05) is 18.8 Å². The molecular weight excluding hydrogens is 176 g/mol. The highest BCUT2D eigenvalue weighted by atomic mass is 16.3. The lowest BCUT2D eigenvalue weighted by molar-refractivity contribution is 0.157. The Hall–Kier alpha value is -0.830. The first-order valence-corrected chi connectivity index (χ1v) is 5.12. The lowest BCUT2D eigenvalue weighted by Crippen LogP contribution is -2.21. The van der Waals surface area contributed by atoms with Gasteiger partial charge in [0.05, 0.1) is 5.69 Å². The van der Waals surface area contributed by atoms with E-state index in [-0.39, 0.29) is 12.0 Å². The van der Waals surface area contributed by atoms with Gasteiger partial charge in [-0.2, -0.15) is 5.10 Å². The standard InChI is InChI=1S/C11H20N2O/c1-5-13-10(6-9(2)12-13)7-11(3,4)8-14/h6,14H,5,7-8H2,1-4H3. The molecule has 0 atom stereocenters. The van der Waals surface area contributed by atoms with Crippen LogP contribution >= 0.6 is 0 Å². The highest BCUT2D eigenvalue weighted by Crippen LogP contribution is 2.21.